The molecule has 176 valence electrons. The van der Waals surface area contributed by atoms with E-state index in [-0.39, 0.29) is 23.5 Å². The summed E-state index contributed by atoms with van der Waals surface area (Å²) in [5.41, 5.74) is 0.601. The van der Waals surface area contributed by atoms with E-state index in [4.69, 9.17) is 4.74 Å². The van der Waals surface area contributed by atoms with Crippen LogP contribution in [0.4, 0.5) is 10.6 Å². The summed E-state index contributed by atoms with van der Waals surface area (Å²) in [7, 11) is 0. The Balaban J connectivity index is 1.42. The number of likely N-dealkylation sites (tertiary alicyclic amines) is 1. The molecule has 2 N–H and O–H groups in total. The summed E-state index contributed by atoms with van der Waals surface area (Å²) in [6, 6.07) is 2.11. The van der Waals surface area contributed by atoms with Gasteiger partial charge in [-0.05, 0) is 69.9 Å². The zero-order valence-corrected chi connectivity index (χ0v) is 19.3. The highest BCUT2D eigenvalue weighted by Gasteiger charge is 2.50. The van der Waals surface area contributed by atoms with Gasteiger partial charge in [-0.2, -0.15) is 0 Å². The first-order chi connectivity index (χ1) is 15.4. The largest absolute Gasteiger partial charge is 0.412 e. The predicted molar refractivity (Wildman–Crippen MR) is 122 cm³/mol. The van der Waals surface area contributed by atoms with Gasteiger partial charge in [0.05, 0.1) is 17.7 Å². The monoisotopic (exact) mass is 444 g/mol. The average Bonchev–Trinajstić information content (AvgIpc) is 3.08. The smallest absolute Gasteiger partial charge is 0.409 e. The number of amides is 2. The molecule has 2 amide bonds. The van der Waals surface area contributed by atoms with E-state index in [0.29, 0.717) is 18.8 Å². The Morgan fingerprint density at radius 1 is 1.28 bits per heavy atom. The number of aliphatic hydroxyl groups is 1. The molecule has 2 aliphatic heterocycles. The van der Waals surface area contributed by atoms with E-state index in [0.717, 1.165) is 75.8 Å². The second-order valence-electron chi connectivity index (χ2n) is 9.64. The van der Waals surface area contributed by atoms with Gasteiger partial charge in [0.25, 0.3) is 0 Å². The number of nitrogens with one attached hydrogen (secondary N) is 1. The molecule has 3 fully saturated rings. The van der Waals surface area contributed by atoms with E-state index in [9.17, 15) is 14.7 Å². The van der Waals surface area contributed by atoms with Crippen molar-refractivity contribution >= 4 is 17.8 Å². The second-order valence-corrected chi connectivity index (χ2v) is 9.64. The molecule has 3 aliphatic rings. The highest BCUT2D eigenvalue weighted by atomic mass is 16.6. The summed E-state index contributed by atoms with van der Waals surface area (Å²) >= 11 is 0. The molecule has 3 heterocycles. The SMILES string of the molecule is CCCNC(=O)Oc1cnc(N2CCCC3(CCN(C4CCC(O)CC4)C3=O)C2)c(C)c1. The van der Waals surface area contributed by atoms with Crippen molar-refractivity contribution < 1.29 is 19.4 Å². The van der Waals surface area contributed by atoms with Crippen molar-refractivity contribution in [1.29, 1.82) is 0 Å². The van der Waals surface area contributed by atoms with E-state index >= 15 is 0 Å². The molecule has 8 nitrogen and oxygen atoms in total. The highest BCUT2D eigenvalue weighted by Crippen LogP contribution is 2.43. The van der Waals surface area contributed by atoms with Crippen LogP contribution in [-0.4, -0.2) is 65.3 Å². The number of ether oxygens (including phenoxy) is 1. The van der Waals surface area contributed by atoms with Crippen molar-refractivity contribution in [3.63, 3.8) is 0 Å². The maximum absolute atomic E-state index is 13.5. The molecule has 1 atom stereocenters. The van der Waals surface area contributed by atoms with Gasteiger partial charge in [0.2, 0.25) is 5.91 Å². The quantitative estimate of drug-likeness (QED) is 0.725. The van der Waals surface area contributed by atoms with Crippen LogP contribution in [0.5, 0.6) is 5.75 Å². The number of anilines is 1. The molecular formula is C24H36N4O4. The van der Waals surface area contributed by atoms with Crippen LogP contribution >= 0.6 is 0 Å². The van der Waals surface area contributed by atoms with Crippen molar-refractivity contribution in [1.82, 2.24) is 15.2 Å². The number of hydrogen-bond donors (Lipinski definition) is 2. The fourth-order valence-electron chi connectivity index (χ4n) is 5.56. The number of aromatic nitrogens is 1. The maximum Gasteiger partial charge on any atom is 0.412 e. The Morgan fingerprint density at radius 3 is 2.78 bits per heavy atom. The van der Waals surface area contributed by atoms with Gasteiger partial charge in [-0.25, -0.2) is 9.78 Å². The van der Waals surface area contributed by atoms with E-state index in [2.05, 4.69) is 20.1 Å². The van der Waals surface area contributed by atoms with Crippen molar-refractivity contribution in [3.05, 3.63) is 17.8 Å². The molecule has 1 aliphatic carbocycles. The number of pyridine rings is 1. The standard InChI is InChI=1S/C24H36N4O4/c1-3-11-25-23(31)32-20-14-17(2)21(26-15-20)27-12-4-9-24(16-27)10-13-28(22(24)30)18-5-7-19(29)8-6-18/h14-15,18-19,29H,3-13,16H2,1-2H3,(H,25,31). The maximum atomic E-state index is 13.5. The summed E-state index contributed by atoms with van der Waals surface area (Å²) in [6.45, 7) is 6.90. The molecule has 8 heteroatoms. The van der Waals surface area contributed by atoms with Crippen LogP contribution in [-0.2, 0) is 4.79 Å². The van der Waals surface area contributed by atoms with Gasteiger partial charge in [-0.3, -0.25) is 4.79 Å². The molecular weight excluding hydrogens is 408 g/mol. The first-order valence-corrected chi connectivity index (χ1v) is 12.1. The number of rotatable bonds is 5. The Kier molecular flexibility index (Phi) is 6.88. The summed E-state index contributed by atoms with van der Waals surface area (Å²) < 4.78 is 5.33. The number of aliphatic hydroxyl groups excluding tert-OH is 1. The minimum atomic E-state index is -0.468. The first-order valence-electron chi connectivity index (χ1n) is 12.1. The van der Waals surface area contributed by atoms with Crippen LogP contribution in [0.1, 0.15) is 63.9 Å². The fraction of sp³-hybridized carbons (Fsp3) is 0.708. The minimum Gasteiger partial charge on any atom is -0.409 e. The van der Waals surface area contributed by atoms with Crippen molar-refractivity contribution in [2.75, 3.05) is 31.1 Å². The number of carbonyl (C=O) groups excluding carboxylic acids is 2. The average molecular weight is 445 g/mol. The van der Waals surface area contributed by atoms with Crippen LogP contribution in [0, 0.1) is 12.3 Å². The van der Waals surface area contributed by atoms with Gasteiger partial charge in [0, 0.05) is 32.2 Å². The van der Waals surface area contributed by atoms with Gasteiger partial charge in [0.1, 0.15) is 5.82 Å². The Morgan fingerprint density at radius 2 is 2.06 bits per heavy atom. The third-order valence-corrected chi connectivity index (χ3v) is 7.28. The van der Waals surface area contributed by atoms with Crippen molar-refractivity contribution in [3.8, 4) is 5.75 Å². The summed E-state index contributed by atoms with van der Waals surface area (Å²) in [5.74, 6) is 1.57. The van der Waals surface area contributed by atoms with Gasteiger partial charge in [0.15, 0.2) is 5.75 Å². The Hall–Kier alpha value is -2.35. The number of aryl methyl sites for hydroxylation is 1. The molecule has 0 bridgehead atoms. The third kappa shape index (κ3) is 4.70. The zero-order valence-electron chi connectivity index (χ0n) is 19.3. The van der Waals surface area contributed by atoms with Crippen LogP contribution in [0.2, 0.25) is 0 Å². The van der Waals surface area contributed by atoms with E-state index in [1.165, 1.54) is 0 Å². The minimum absolute atomic E-state index is 0.207. The first kappa shape index (κ1) is 22.8. The Labute approximate surface area is 190 Å². The van der Waals surface area contributed by atoms with Crippen LogP contribution < -0.4 is 15.0 Å². The molecule has 0 aromatic carbocycles. The van der Waals surface area contributed by atoms with E-state index in [1.807, 2.05) is 19.9 Å². The topological polar surface area (TPSA) is 95.0 Å². The molecule has 1 unspecified atom stereocenters. The lowest BCUT2D eigenvalue weighted by atomic mass is 9.78. The molecule has 1 aromatic rings. The summed E-state index contributed by atoms with van der Waals surface area (Å²) in [4.78, 5) is 34.3. The van der Waals surface area contributed by atoms with Gasteiger partial charge in [-0.1, -0.05) is 6.92 Å². The third-order valence-electron chi connectivity index (χ3n) is 7.28. The van der Waals surface area contributed by atoms with Crippen molar-refractivity contribution in [2.45, 2.75) is 77.4 Å². The molecule has 32 heavy (non-hydrogen) atoms. The van der Waals surface area contributed by atoms with E-state index in [1.54, 1.807) is 6.20 Å². The lowest BCUT2D eigenvalue weighted by molar-refractivity contribution is -0.139. The van der Waals surface area contributed by atoms with Crippen LogP contribution in [0.15, 0.2) is 12.3 Å². The molecule has 1 aromatic heterocycles. The van der Waals surface area contributed by atoms with Crippen molar-refractivity contribution in [2.24, 2.45) is 5.41 Å². The highest BCUT2D eigenvalue weighted by molar-refractivity contribution is 5.86. The second kappa shape index (κ2) is 9.65. The predicted octanol–water partition coefficient (Wildman–Crippen LogP) is 3.01. The number of nitrogens with zero attached hydrogens (tertiary/aromatic N) is 3. The molecule has 2 saturated heterocycles. The molecule has 4 rings (SSSR count). The molecule has 1 saturated carbocycles. The normalized spacial score (nSPS) is 28.3. The Bertz CT molecular complexity index is 839. The number of carbonyl (C=O) groups is 2. The molecule has 1 spiro atoms. The lowest BCUT2D eigenvalue weighted by Gasteiger charge is -2.41. The number of hydrogen-bond acceptors (Lipinski definition) is 6. The summed E-state index contributed by atoms with van der Waals surface area (Å²) in [6.07, 6.45) is 7.93. The van der Waals surface area contributed by atoms with Gasteiger partial charge >= 0.3 is 6.09 Å². The fourth-order valence-corrected chi connectivity index (χ4v) is 5.56. The van der Waals surface area contributed by atoms with Gasteiger partial charge in [-0.15, -0.1) is 0 Å². The zero-order chi connectivity index (χ0) is 22.7. The van der Waals surface area contributed by atoms with Crippen LogP contribution in [0.3, 0.4) is 0 Å². The van der Waals surface area contributed by atoms with E-state index < -0.39 is 6.09 Å². The molecule has 0 radical (unpaired) electrons. The number of piperidine rings is 1. The summed E-state index contributed by atoms with van der Waals surface area (Å²) in [5, 5.41) is 12.5. The lowest BCUT2D eigenvalue weighted by Crippen LogP contribution is -2.50. The van der Waals surface area contributed by atoms with Crippen LogP contribution in [0.25, 0.3) is 0 Å². The van der Waals surface area contributed by atoms with Gasteiger partial charge < -0.3 is 25.0 Å².